The van der Waals surface area contributed by atoms with Crippen molar-refractivity contribution in [1.29, 1.82) is 0 Å². The number of benzene rings is 5. The predicted molar refractivity (Wildman–Crippen MR) is 277 cm³/mol. The Morgan fingerprint density at radius 2 is 1.23 bits per heavy atom. The smallest absolute Gasteiger partial charge is 0.343 e. The molecule has 1 aromatic heterocycles. The maximum atomic E-state index is 13.6. The van der Waals surface area contributed by atoms with Crippen molar-refractivity contribution in [2.75, 3.05) is 6.61 Å². The highest BCUT2D eigenvalue weighted by Crippen LogP contribution is 2.32. The topological polar surface area (TPSA) is 149 Å². The average Bonchev–Trinajstić information content (AvgIpc) is 3.79. The molecule has 0 fully saturated rings. The lowest BCUT2D eigenvalue weighted by Crippen LogP contribution is -2.40. The third-order valence-electron chi connectivity index (χ3n) is 10.6. The molecule has 0 amide bonds. The molecule has 0 atom stereocenters. The Morgan fingerprint density at radius 3 is 1.80 bits per heavy atom. The molecule has 13 heteroatoms. The fraction of sp³-hybridized carbons (Fsp3) is 0.276. The first-order chi connectivity index (χ1) is 33.6. The first-order valence-electron chi connectivity index (χ1n) is 22.9. The van der Waals surface area contributed by atoms with Gasteiger partial charge in [0.25, 0.3) is 0 Å². The van der Waals surface area contributed by atoms with E-state index in [0.29, 0.717) is 46.9 Å². The summed E-state index contributed by atoms with van der Waals surface area (Å²) in [5, 5.41) is 4.81. The summed E-state index contributed by atoms with van der Waals surface area (Å²) < 4.78 is 34.9. The Labute approximate surface area is 419 Å². The van der Waals surface area contributed by atoms with Crippen LogP contribution in [0.25, 0.3) is 22.0 Å². The van der Waals surface area contributed by atoms with E-state index in [4.69, 9.17) is 33.4 Å². The maximum Gasteiger partial charge on any atom is 0.343 e. The zero-order valence-electron chi connectivity index (χ0n) is 41.3. The van der Waals surface area contributed by atoms with Crippen LogP contribution in [0.3, 0.4) is 0 Å². The number of hydrogen-bond acceptors (Lipinski definition) is 13. The highest BCUT2D eigenvalue weighted by Gasteiger charge is 2.34. The van der Waals surface area contributed by atoms with Crippen LogP contribution in [0.5, 0.6) is 17.2 Å². The first kappa shape index (κ1) is 52.5. The van der Waals surface area contributed by atoms with Crippen molar-refractivity contribution in [3.05, 3.63) is 167 Å². The number of esters is 4. The van der Waals surface area contributed by atoms with Crippen LogP contribution in [0, 0.1) is 12.0 Å². The summed E-state index contributed by atoms with van der Waals surface area (Å²) in [4.78, 5) is 59.4. The minimum absolute atomic E-state index is 0.0600. The highest BCUT2D eigenvalue weighted by molar-refractivity contribution is 7.10. The van der Waals surface area contributed by atoms with E-state index in [1.54, 1.807) is 94.4 Å². The van der Waals surface area contributed by atoms with Gasteiger partial charge in [-0.25, -0.2) is 29.2 Å². The molecule has 12 nitrogen and oxygen atoms in total. The van der Waals surface area contributed by atoms with Gasteiger partial charge in [0.1, 0.15) is 39.7 Å². The van der Waals surface area contributed by atoms with Crippen molar-refractivity contribution in [1.82, 2.24) is 4.98 Å². The Kier molecular flexibility index (Phi) is 16.8. The van der Waals surface area contributed by atoms with Crippen LogP contribution >= 0.6 is 11.3 Å². The van der Waals surface area contributed by atoms with E-state index >= 15 is 0 Å². The summed E-state index contributed by atoms with van der Waals surface area (Å²) in [5.74, 6) is 2.13. The van der Waals surface area contributed by atoms with Crippen LogP contribution in [-0.4, -0.2) is 64.1 Å². The van der Waals surface area contributed by atoms with Crippen LogP contribution in [0.1, 0.15) is 105 Å². The van der Waals surface area contributed by atoms with E-state index in [0.717, 1.165) is 39.7 Å². The van der Waals surface area contributed by atoms with Crippen molar-refractivity contribution >= 4 is 52.2 Å². The SMILES string of the molecule is C=CC(=O)OC(C)(C)CC(C)(C)Oc1ccc(C(=O)OCCc2ccc(OC(=O)c3ccc(OC(C)(C)CC(C)(C)OC(=O)C=C)cc3)c(C=NC#Cc3nc(-c4ccc5ccccc5c4)cs3)c2)cc1. The van der Waals surface area contributed by atoms with Gasteiger partial charge in [-0.1, -0.05) is 55.6 Å². The van der Waals surface area contributed by atoms with Crippen LogP contribution in [0.4, 0.5) is 0 Å². The number of nitrogens with zero attached hydrogens (tertiary/aromatic N) is 2. The quantitative estimate of drug-likeness (QED) is 0.0180. The van der Waals surface area contributed by atoms with Crippen molar-refractivity contribution in [2.24, 2.45) is 4.99 Å². The summed E-state index contributed by atoms with van der Waals surface area (Å²) in [5.41, 5.74) is 0.616. The Balaban J connectivity index is 1.13. The minimum atomic E-state index is -0.817. The summed E-state index contributed by atoms with van der Waals surface area (Å²) in [6.45, 7) is 21.7. The fourth-order valence-corrected chi connectivity index (χ4v) is 8.89. The second-order valence-electron chi connectivity index (χ2n) is 19.1. The zero-order valence-corrected chi connectivity index (χ0v) is 42.1. The molecular weight excluding hydrogens is 917 g/mol. The van der Waals surface area contributed by atoms with Gasteiger partial charge in [-0.2, -0.15) is 0 Å². The molecule has 0 unspecified atom stereocenters. The summed E-state index contributed by atoms with van der Waals surface area (Å²) >= 11 is 1.41. The number of thiazole rings is 1. The van der Waals surface area contributed by atoms with E-state index in [1.165, 1.54) is 17.6 Å². The molecule has 0 aliphatic rings. The Bertz CT molecular complexity index is 3010. The molecule has 6 aromatic rings. The summed E-state index contributed by atoms with van der Waals surface area (Å²) in [6, 6.07) is 35.6. The van der Waals surface area contributed by atoms with Gasteiger partial charge in [0, 0.05) is 60.2 Å². The second kappa shape index (κ2) is 22.7. The van der Waals surface area contributed by atoms with E-state index < -0.39 is 46.3 Å². The summed E-state index contributed by atoms with van der Waals surface area (Å²) in [7, 11) is 0. The van der Waals surface area contributed by atoms with Crippen LogP contribution in [0.15, 0.2) is 145 Å². The van der Waals surface area contributed by atoms with Gasteiger partial charge in [-0.05, 0) is 144 Å². The number of aromatic nitrogens is 1. The van der Waals surface area contributed by atoms with Gasteiger partial charge in [0.05, 0.1) is 23.4 Å². The molecule has 0 radical (unpaired) electrons. The van der Waals surface area contributed by atoms with E-state index in [1.807, 2.05) is 51.3 Å². The normalized spacial score (nSPS) is 11.8. The zero-order chi connectivity index (χ0) is 51.4. The average molecular weight is 975 g/mol. The second-order valence-corrected chi connectivity index (χ2v) is 20.0. The molecule has 0 saturated heterocycles. The third kappa shape index (κ3) is 15.9. The number of ether oxygens (including phenoxy) is 6. The number of rotatable bonds is 20. The van der Waals surface area contributed by atoms with Gasteiger partial charge >= 0.3 is 23.9 Å². The van der Waals surface area contributed by atoms with E-state index in [9.17, 15) is 19.2 Å². The standard InChI is InChI=1S/C58H58N2O10S/c1-11-51(61)69-57(7,8)37-55(3,4)67-46-24-20-41(21-25-46)53(63)65-32-30-39-17-28-49(66-54(64)42-22-26-47(27-23-42)68-56(5,6)38-58(9,10)70-52(62)12-2)45(33-39)35-59-31-29-50-60-48(36-71-50)44-19-18-40-15-13-14-16-43(40)34-44/h11-28,33-36H,1-2,30,32,37-38H2,3-10H3. The van der Waals surface area contributed by atoms with Crippen LogP contribution in [0.2, 0.25) is 0 Å². The molecule has 0 saturated carbocycles. The fourth-order valence-electron chi connectivity index (χ4n) is 8.22. The monoisotopic (exact) mass is 974 g/mol. The number of carbonyl (C=O) groups is 4. The lowest BCUT2D eigenvalue weighted by molar-refractivity contribution is -0.155. The summed E-state index contributed by atoms with van der Waals surface area (Å²) in [6.07, 6.45) is 4.89. The van der Waals surface area contributed by atoms with Crippen molar-refractivity contribution < 1.29 is 47.6 Å². The molecular formula is C58H58N2O10S. The van der Waals surface area contributed by atoms with Gasteiger partial charge in [-0.15, -0.1) is 11.3 Å². The van der Waals surface area contributed by atoms with Crippen LogP contribution in [-0.2, 0) is 30.2 Å². The van der Waals surface area contributed by atoms with Crippen molar-refractivity contribution in [3.8, 4) is 40.5 Å². The number of fused-ring (bicyclic) bond motifs is 1. The van der Waals surface area contributed by atoms with E-state index in [2.05, 4.69) is 54.4 Å². The minimum Gasteiger partial charge on any atom is -0.488 e. The van der Waals surface area contributed by atoms with Crippen molar-refractivity contribution in [3.63, 3.8) is 0 Å². The highest BCUT2D eigenvalue weighted by atomic mass is 32.1. The van der Waals surface area contributed by atoms with Gasteiger partial charge < -0.3 is 28.4 Å². The largest absolute Gasteiger partial charge is 0.488 e. The number of aliphatic imine (C=N–C) groups is 1. The molecule has 1 heterocycles. The molecule has 5 aromatic carbocycles. The maximum absolute atomic E-state index is 13.6. The lowest BCUT2D eigenvalue weighted by Gasteiger charge is -2.34. The lowest BCUT2D eigenvalue weighted by atomic mass is 9.92. The molecule has 366 valence electrons. The van der Waals surface area contributed by atoms with Crippen molar-refractivity contribution in [2.45, 2.75) is 97.1 Å². The third-order valence-corrected chi connectivity index (χ3v) is 11.4. The van der Waals surface area contributed by atoms with Gasteiger partial charge in [0.2, 0.25) is 0 Å². The number of carbonyl (C=O) groups excluding carboxylic acids is 4. The van der Waals surface area contributed by atoms with Gasteiger partial charge in [-0.3, -0.25) is 0 Å². The molecule has 0 bridgehead atoms. The molecule has 0 spiro atoms. The molecule has 0 aliphatic heterocycles. The Hall–Kier alpha value is -7.82. The predicted octanol–water partition coefficient (Wildman–Crippen LogP) is 12.1. The number of hydrogen-bond donors (Lipinski definition) is 0. The molecule has 6 rings (SSSR count). The molecule has 0 N–H and O–H groups in total. The van der Waals surface area contributed by atoms with E-state index in [-0.39, 0.29) is 17.9 Å². The Morgan fingerprint density at radius 1 is 0.662 bits per heavy atom. The van der Waals surface area contributed by atoms with Gasteiger partial charge in [0.15, 0.2) is 5.01 Å². The first-order valence-corrected chi connectivity index (χ1v) is 23.8. The molecule has 0 aliphatic carbocycles. The van der Waals surface area contributed by atoms with Crippen LogP contribution < -0.4 is 14.2 Å². The molecule has 71 heavy (non-hydrogen) atoms.